The first-order valence-electron chi connectivity index (χ1n) is 6.18. The summed E-state index contributed by atoms with van der Waals surface area (Å²) < 4.78 is 26.1. The van der Waals surface area contributed by atoms with Crippen LogP contribution in [0.5, 0.6) is 0 Å². The molecule has 2 rings (SSSR count). The van der Waals surface area contributed by atoms with Crippen molar-refractivity contribution in [3.8, 4) is 0 Å². The lowest BCUT2D eigenvalue weighted by Crippen LogP contribution is -2.29. The van der Waals surface area contributed by atoms with E-state index >= 15 is 0 Å². The quantitative estimate of drug-likeness (QED) is 0.908. The third-order valence-electron chi connectivity index (χ3n) is 3.37. The first-order chi connectivity index (χ1) is 8.89. The van der Waals surface area contributed by atoms with Crippen LogP contribution in [-0.4, -0.2) is 36.9 Å². The molecule has 19 heavy (non-hydrogen) atoms. The van der Waals surface area contributed by atoms with E-state index in [9.17, 15) is 13.2 Å². The summed E-state index contributed by atoms with van der Waals surface area (Å²) in [7, 11) is -3.48. The zero-order valence-electron chi connectivity index (χ0n) is 10.7. The molecule has 1 saturated heterocycles. The molecule has 1 heterocycles. The fourth-order valence-corrected chi connectivity index (χ4v) is 3.82. The average molecular weight is 283 g/mol. The number of hydrogen-bond acceptors (Lipinski definition) is 3. The normalized spacial score (nSPS) is 20.6. The van der Waals surface area contributed by atoms with E-state index in [-0.39, 0.29) is 17.2 Å². The molecule has 104 valence electrons. The lowest BCUT2D eigenvalue weighted by atomic mass is 10.1. The van der Waals surface area contributed by atoms with Crippen molar-refractivity contribution in [2.24, 2.45) is 5.92 Å². The standard InChI is InChI=1S/C13H17NO4S/c1-10-2-4-12(5-3-10)19(17,18)14-7-6-11(9-14)8-13(15)16/h2-5,11H,6-9H2,1H3,(H,15,16)/t11-/m0/s1. The second-order valence-corrected chi connectivity index (χ2v) is 6.87. The number of benzene rings is 1. The summed E-state index contributed by atoms with van der Waals surface area (Å²) in [5.74, 6) is -0.961. The third kappa shape index (κ3) is 3.13. The highest BCUT2D eigenvalue weighted by Crippen LogP contribution is 2.26. The lowest BCUT2D eigenvalue weighted by molar-refractivity contribution is -0.137. The highest BCUT2D eigenvalue weighted by atomic mass is 32.2. The molecule has 1 aromatic carbocycles. The minimum Gasteiger partial charge on any atom is -0.481 e. The predicted molar refractivity (Wildman–Crippen MR) is 70.3 cm³/mol. The van der Waals surface area contributed by atoms with E-state index < -0.39 is 16.0 Å². The summed E-state index contributed by atoms with van der Waals surface area (Å²) in [6.45, 7) is 2.59. The molecular weight excluding hydrogens is 266 g/mol. The van der Waals surface area contributed by atoms with Crippen LogP contribution in [0.2, 0.25) is 0 Å². The SMILES string of the molecule is Cc1ccc(S(=O)(=O)N2CC[C@@H](CC(=O)O)C2)cc1. The first kappa shape index (κ1) is 14.0. The highest BCUT2D eigenvalue weighted by molar-refractivity contribution is 7.89. The summed E-state index contributed by atoms with van der Waals surface area (Å²) >= 11 is 0. The minimum absolute atomic E-state index is 0.0277. The van der Waals surface area contributed by atoms with Gasteiger partial charge in [-0.2, -0.15) is 4.31 Å². The Labute approximate surface area is 112 Å². The molecule has 0 spiro atoms. The van der Waals surface area contributed by atoms with Crippen molar-refractivity contribution >= 4 is 16.0 Å². The number of carbonyl (C=O) groups is 1. The van der Waals surface area contributed by atoms with Gasteiger partial charge in [-0.3, -0.25) is 4.79 Å². The van der Waals surface area contributed by atoms with Gasteiger partial charge in [-0.25, -0.2) is 8.42 Å². The van der Waals surface area contributed by atoms with Gasteiger partial charge in [0.15, 0.2) is 0 Å². The Morgan fingerprint density at radius 3 is 2.58 bits per heavy atom. The van der Waals surface area contributed by atoms with Gasteiger partial charge in [0.1, 0.15) is 0 Å². The minimum atomic E-state index is -3.48. The van der Waals surface area contributed by atoms with Gasteiger partial charge in [0.25, 0.3) is 0 Å². The molecule has 0 amide bonds. The van der Waals surface area contributed by atoms with Crippen LogP contribution in [0.3, 0.4) is 0 Å². The topological polar surface area (TPSA) is 74.7 Å². The Balaban J connectivity index is 2.13. The molecule has 5 nitrogen and oxygen atoms in total. The zero-order chi connectivity index (χ0) is 14.0. The third-order valence-corrected chi connectivity index (χ3v) is 5.25. The molecule has 0 aromatic heterocycles. The van der Waals surface area contributed by atoms with Gasteiger partial charge in [0.2, 0.25) is 10.0 Å². The Morgan fingerprint density at radius 2 is 2.00 bits per heavy atom. The highest BCUT2D eigenvalue weighted by Gasteiger charge is 2.33. The van der Waals surface area contributed by atoms with Gasteiger partial charge in [0.05, 0.1) is 4.90 Å². The van der Waals surface area contributed by atoms with Crippen LogP contribution in [-0.2, 0) is 14.8 Å². The van der Waals surface area contributed by atoms with Gasteiger partial charge >= 0.3 is 5.97 Å². The molecule has 1 atom stereocenters. The Bertz CT molecular complexity index is 565. The van der Waals surface area contributed by atoms with Crippen LogP contribution in [0, 0.1) is 12.8 Å². The fraction of sp³-hybridized carbons (Fsp3) is 0.462. The maximum Gasteiger partial charge on any atom is 0.303 e. The maximum atomic E-state index is 12.4. The van der Waals surface area contributed by atoms with E-state index in [0.29, 0.717) is 19.5 Å². The van der Waals surface area contributed by atoms with Crippen molar-refractivity contribution in [2.75, 3.05) is 13.1 Å². The van der Waals surface area contributed by atoms with Gasteiger partial charge in [-0.1, -0.05) is 17.7 Å². The van der Waals surface area contributed by atoms with Crippen molar-refractivity contribution < 1.29 is 18.3 Å². The average Bonchev–Trinajstić information content (AvgIpc) is 2.78. The monoisotopic (exact) mass is 283 g/mol. The Kier molecular flexibility index (Phi) is 3.91. The predicted octanol–water partition coefficient (Wildman–Crippen LogP) is 1.48. The maximum absolute atomic E-state index is 12.4. The largest absolute Gasteiger partial charge is 0.481 e. The van der Waals surface area contributed by atoms with Gasteiger partial charge < -0.3 is 5.11 Å². The van der Waals surface area contributed by atoms with E-state index in [2.05, 4.69) is 0 Å². The number of rotatable bonds is 4. The summed E-state index contributed by atoms with van der Waals surface area (Å²) in [4.78, 5) is 10.9. The molecule has 0 saturated carbocycles. The molecule has 0 aliphatic carbocycles. The lowest BCUT2D eigenvalue weighted by Gasteiger charge is -2.16. The van der Waals surface area contributed by atoms with E-state index in [0.717, 1.165) is 5.56 Å². The zero-order valence-corrected chi connectivity index (χ0v) is 11.6. The molecule has 1 aromatic rings. The molecular formula is C13H17NO4S. The van der Waals surface area contributed by atoms with Crippen LogP contribution in [0.15, 0.2) is 29.2 Å². The van der Waals surface area contributed by atoms with Crippen LogP contribution in [0.25, 0.3) is 0 Å². The van der Waals surface area contributed by atoms with Gasteiger partial charge in [-0.15, -0.1) is 0 Å². The van der Waals surface area contributed by atoms with Crippen molar-refractivity contribution in [1.29, 1.82) is 0 Å². The molecule has 0 bridgehead atoms. The number of carboxylic acids is 1. The summed E-state index contributed by atoms with van der Waals surface area (Å²) in [5, 5.41) is 8.74. The van der Waals surface area contributed by atoms with E-state index in [1.807, 2.05) is 6.92 Å². The second kappa shape index (κ2) is 5.30. The van der Waals surface area contributed by atoms with Crippen molar-refractivity contribution in [3.63, 3.8) is 0 Å². The number of aliphatic carboxylic acids is 1. The van der Waals surface area contributed by atoms with Crippen molar-refractivity contribution in [1.82, 2.24) is 4.31 Å². The van der Waals surface area contributed by atoms with Gasteiger partial charge in [0, 0.05) is 19.5 Å². The number of nitrogens with zero attached hydrogens (tertiary/aromatic N) is 1. The van der Waals surface area contributed by atoms with E-state index in [1.54, 1.807) is 24.3 Å². The summed E-state index contributed by atoms with van der Waals surface area (Å²) in [6, 6.07) is 6.71. The number of hydrogen-bond donors (Lipinski definition) is 1. The summed E-state index contributed by atoms with van der Waals surface area (Å²) in [6.07, 6.45) is 0.636. The van der Waals surface area contributed by atoms with Crippen molar-refractivity contribution in [3.05, 3.63) is 29.8 Å². The van der Waals surface area contributed by atoms with Crippen LogP contribution >= 0.6 is 0 Å². The van der Waals surface area contributed by atoms with Crippen LogP contribution < -0.4 is 0 Å². The molecule has 1 N–H and O–H groups in total. The number of sulfonamides is 1. The van der Waals surface area contributed by atoms with Crippen molar-refractivity contribution in [2.45, 2.75) is 24.7 Å². The number of aryl methyl sites for hydroxylation is 1. The first-order valence-corrected chi connectivity index (χ1v) is 7.62. The molecule has 6 heteroatoms. The second-order valence-electron chi connectivity index (χ2n) is 4.93. The van der Waals surface area contributed by atoms with Gasteiger partial charge in [-0.05, 0) is 31.4 Å². The fourth-order valence-electron chi connectivity index (χ4n) is 2.29. The molecule has 1 aliphatic heterocycles. The van der Waals surface area contributed by atoms with Crippen LogP contribution in [0.1, 0.15) is 18.4 Å². The molecule has 0 radical (unpaired) electrons. The van der Waals surface area contributed by atoms with E-state index in [1.165, 1.54) is 4.31 Å². The molecule has 0 unspecified atom stereocenters. The Hall–Kier alpha value is -1.40. The Morgan fingerprint density at radius 1 is 1.37 bits per heavy atom. The summed E-state index contributed by atoms with van der Waals surface area (Å²) in [5.41, 5.74) is 1.00. The molecule has 1 fully saturated rings. The smallest absolute Gasteiger partial charge is 0.303 e. The molecule has 1 aliphatic rings. The van der Waals surface area contributed by atoms with Crippen LogP contribution in [0.4, 0.5) is 0 Å². The van der Waals surface area contributed by atoms with E-state index in [4.69, 9.17) is 5.11 Å². The number of carboxylic acid groups (broad SMARTS) is 1.